The summed E-state index contributed by atoms with van der Waals surface area (Å²) in [4.78, 5) is 12.6. The third kappa shape index (κ3) is 1.76. The maximum atomic E-state index is 4.32. The van der Waals surface area contributed by atoms with Gasteiger partial charge in [-0.05, 0) is 12.0 Å². The fourth-order valence-electron chi connectivity index (χ4n) is 2.29. The lowest BCUT2D eigenvalue weighted by atomic mass is 10.0. The van der Waals surface area contributed by atoms with Gasteiger partial charge in [0.05, 0.1) is 18.6 Å². The third-order valence-corrected chi connectivity index (χ3v) is 3.16. The molecule has 0 aliphatic heterocycles. The van der Waals surface area contributed by atoms with Gasteiger partial charge in [-0.2, -0.15) is 0 Å². The summed E-state index contributed by atoms with van der Waals surface area (Å²) in [6, 6.07) is 10.7. The zero-order chi connectivity index (χ0) is 12.4. The highest BCUT2D eigenvalue weighted by atomic mass is 15.1. The Bertz CT molecular complexity index is 645. The maximum Gasteiger partial charge on any atom is 0.180 e. The van der Waals surface area contributed by atoms with Crippen molar-refractivity contribution in [2.75, 3.05) is 0 Å². The van der Waals surface area contributed by atoms with Crippen molar-refractivity contribution in [3.63, 3.8) is 0 Å². The van der Waals surface area contributed by atoms with E-state index in [9.17, 15) is 0 Å². The molecule has 0 fully saturated rings. The summed E-state index contributed by atoms with van der Waals surface area (Å²) < 4.78 is 2.14. The molecule has 0 N–H and O–H groups in total. The molecular weight excluding hydrogens is 224 g/mol. The summed E-state index contributed by atoms with van der Waals surface area (Å²) >= 11 is 0. The van der Waals surface area contributed by atoms with Crippen LogP contribution in [-0.4, -0.2) is 19.5 Å². The maximum absolute atomic E-state index is 4.32. The number of benzene rings is 1. The minimum absolute atomic E-state index is 0.280. The van der Waals surface area contributed by atoms with Crippen LogP contribution in [0.1, 0.15) is 24.9 Å². The van der Waals surface area contributed by atoms with Gasteiger partial charge in [0.1, 0.15) is 11.8 Å². The van der Waals surface area contributed by atoms with Crippen LogP contribution in [0, 0.1) is 0 Å². The number of nitrogens with zero attached hydrogens (tertiary/aromatic N) is 4. The molecule has 3 rings (SSSR count). The summed E-state index contributed by atoms with van der Waals surface area (Å²) in [7, 11) is 0. The van der Waals surface area contributed by atoms with Crippen molar-refractivity contribution in [1.82, 2.24) is 19.5 Å². The smallest absolute Gasteiger partial charge is 0.180 e. The van der Waals surface area contributed by atoms with Gasteiger partial charge in [-0.1, -0.05) is 37.3 Å². The van der Waals surface area contributed by atoms with Crippen LogP contribution in [0.15, 0.2) is 49.2 Å². The van der Waals surface area contributed by atoms with Gasteiger partial charge in [-0.15, -0.1) is 0 Å². The monoisotopic (exact) mass is 238 g/mol. The zero-order valence-electron chi connectivity index (χ0n) is 10.2. The van der Waals surface area contributed by atoms with Crippen LogP contribution >= 0.6 is 0 Å². The second-order valence-electron chi connectivity index (χ2n) is 4.22. The highest BCUT2D eigenvalue weighted by Gasteiger charge is 2.14. The Balaban J connectivity index is 2.12. The molecule has 0 spiro atoms. The Morgan fingerprint density at radius 1 is 1.17 bits per heavy atom. The summed E-state index contributed by atoms with van der Waals surface area (Å²) in [5, 5.41) is 0. The van der Waals surface area contributed by atoms with Gasteiger partial charge in [0.2, 0.25) is 0 Å². The first-order valence-corrected chi connectivity index (χ1v) is 6.07. The zero-order valence-corrected chi connectivity index (χ0v) is 10.2. The lowest BCUT2D eigenvalue weighted by Crippen LogP contribution is -2.08. The van der Waals surface area contributed by atoms with Gasteiger partial charge in [-0.3, -0.25) is 0 Å². The first kappa shape index (κ1) is 10.9. The van der Waals surface area contributed by atoms with Gasteiger partial charge < -0.3 is 4.57 Å². The molecule has 1 unspecified atom stereocenters. The Kier molecular flexibility index (Phi) is 2.76. The predicted molar refractivity (Wildman–Crippen MR) is 70.2 cm³/mol. The lowest BCUT2D eigenvalue weighted by Gasteiger charge is -2.17. The van der Waals surface area contributed by atoms with Crippen molar-refractivity contribution in [2.24, 2.45) is 0 Å². The van der Waals surface area contributed by atoms with Gasteiger partial charge in [0, 0.05) is 0 Å². The summed E-state index contributed by atoms with van der Waals surface area (Å²) in [6.07, 6.45) is 6.20. The largest absolute Gasteiger partial charge is 0.320 e. The molecule has 18 heavy (non-hydrogen) atoms. The molecule has 1 aromatic carbocycles. The van der Waals surface area contributed by atoms with Gasteiger partial charge in [-0.25, -0.2) is 15.0 Å². The topological polar surface area (TPSA) is 43.6 Å². The Morgan fingerprint density at radius 3 is 2.78 bits per heavy atom. The van der Waals surface area contributed by atoms with Crippen LogP contribution in [0.25, 0.3) is 11.2 Å². The van der Waals surface area contributed by atoms with Crippen LogP contribution < -0.4 is 0 Å². The highest BCUT2D eigenvalue weighted by molar-refractivity contribution is 5.69. The fourth-order valence-corrected chi connectivity index (χ4v) is 2.29. The number of rotatable bonds is 3. The average Bonchev–Trinajstić information content (AvgIpc) is 2.85. The van der Waals surface area contributed by atoms with E-state index in [0.717, 1.165) is 17.6 Å². The van der Waals surface area contributed by atoms with Gasteiger partial charge in [0.15, 0.2) is 5.65 Å². The number of hydrogen-bond acceptors (Lipinski definition) is 3. The predicted octanol–water partition coefficient (Wildman–Crippen LogP) is 2.83. The van der Waals surface area contributed by atoms with Crippen molar-refractivity contribution < 1.29 is 0 Å². The standard InChI is InChI=1S/C14H14N4/c1-2-12(11-6-4-3-5-7-11)18-10-17-14-13(18)8-15-9-16-14/h3-10,12H,2H2,1H3. The molecule has 0 amide bonds. The second-order valence-corrected chi connectivity index (χ2v) is 4.22. The molecule has 0 aliphatic carbocycles. The molecule has 0 saturated heterocycles. The highest BCUT2D eigenvalue weighted by Crippen LogP contribution is 2.24. The van der Waals surface area contributed by atoms with Crippen molar-refractivity contribution in [3.8, 4) is 0 Å². The molecule has 0 aliphatic rings. The Morgan fingerprint density at radius 2 is 2.00 bits per heavy atom. The molecule has 90 valence electrons. The third-order valence-electron chi connectivity index (χ3n) is 3.16. The summed E-state index contributed by atoms with van der Waals surface area (Å²) in [5.74, 6) is 0. The molecule has 4 nitrogen and oxygen atoms in total. The molecule has 1 atom stereocenters. The first-order chi connectivity index (χ1) is 8.90. The van der Waals surface area contributed by atoms with E-state index >= 15 is 0 Å². The SMILES string of the molecule is CCC(c1ccccc1)n1cnc2ncncc21. The minimum Gasteiger partial charge on any atom is -0.320 e. The average molecular weight is 238 g/mol. The molecule has 0 radical (unpaired) electrons. The van der Waals surface area contributed by atoms with E-state index < -0.39 is 0 Å². The number of hydrogen-bond donors (Lipinski definition) is 0. The van der Waals surface area contributed by atoms with E-state index in [1.807, 2.05) is 18.6 Å². The van der Waals surface area contributed by atoms with E-state index in [0.29, 0.717) is 0 Å². The summed E-state index contributed by atoms with van der Waals surface area (Å²) in [5.41, 5.74) is 3.01. The normalized spacial score (nSPS) is 12.7. The minimum atomic E-state index is 0.280. The van der Waals surface area contributed by atoms with Crippen LogP contribution in [0.5, 0.6) is 0 Å². The molecular formula is C14H14N4. The van der Waals surface area contributed by atoms with E-state index in [-0.39, 0.29) is 6.04 Å². The van der Waals surface area contributed by atoms with Crippen molar-refractivity contribution in [3.05, 3.63) is 54.7 Å². The molecule has 2 aromatic heterocycles. The molecule has 2 heterocycles. The number of aromatic nitrogens is 4. The van der Waals surface area contributed by atoms with Crippen molar-refractivity contribution in [2.45, 2.75) is 19.4 Å². The van der Waals surface area contributed by atoms with Gasteiger partial charge >= 0.3 is 0 Å². The van der Waals surface area contributed by atoms with Crippen LogP contribution in [0.3, 0.4) is 0 Å². The lowest BCUT2D eigenvalue weighted by molar-refractivity contribution is 0.581. The van der Waals surface area contributed by atoms with E-state index in [2.05, 4.69) is 50.7 Å². The van der Waals surface area contributed by atoms with E-state index in [4.69, 9.17) is 0 Å². The van der Waals surface area contributed by atoms with E-state index in [1.165, 1.54) is 11.9 Å². The molecule has 0 bridgehead atoms. The molecule has 3 aromatic rings. The quantitative estimate of drug-likeness (QED) is 0.704. The fraction of sp³-hybridized carbons (Fsp3) is 0.214. The molecule has 4 heteroatoms. The van der Waals surface area contributed by atoms with E-state index in [1.54, 1.807) is 0 Å². The van der Waals surface area contributed by atoms with Crippen molar-refractivity contribution in [1.29, 1.82) is 0 Å². The summed E-state index contributed by atoms with van der Waals surface area (Å²) in [6.45, 7) is 2.17. The van der Waals surface area contributed by atoms with Crippen molar-refractivity contribution >= 4 is 11.2 Å². The first-order valence-electron chi connectivity index (χ1n) is 6.07. The van der Waals surface area contributed by atoms with Gasteiger partial charge in [0.25, 0.3) is 0 Å². The van der Waals surface area contributed by atoms with Crippen LogP contribution in [0.2, 0.25) is 0 Å². The number of fused-ring (bicyclic) bond motifs is 1. The number of imidazole rings is 1. The van der Waals surface area contributed by atoms with Crippen LogP contribution in [0.4, 0.5) is 0 Å². The Labute approximate surface area is 105 Å². The Hall–Kier alpha value is -2.23. The second kappa shape index (κ2) is 4.56. The van der Waals surface area contributed by atoms with Crippen LogP contribution in [-0.2, 0) is 0 Å². The molecule has 0 saturated carbocycles.